The van der Waals surface area contributed by atoms with Crippen LogP contribution in [0.15, 0.2) is 29.3 Å². The number of carbonyl (C=O) groups excluding carboxylic acids is 1. The first-order valence-electron chi connectivity index (χ1n) is 4.78. The molecular weight excluding hydrogens is 220 g/mol. The molecule has 0 spiro atoms. The van der Waals surface area contributed by atoms with Gasteiger partial charge in [-0.2, -0.15) is 0 Å². The lowest BCUT2D eigenvalue weighted by Crippen LogP contribution is -2.05. The van der Waals surface area contributed by atoms with Crippen LogP contribution in [-0.4, -0.2) is 23.0 Å². The Morgan fingerprint density at radius 1 is 1.47 bits per heavy atom. The Morgan fingerprint density at radius 2 is 2.29 bits per heavy atom. The Morgan fingerprint density at radius 3 is 3.06 bits per heavy atom. The zero-order chi connectivity index (χ0) is 12.3. The fourth-order valence-electron chi connectivity index (χ4n) is 1.32. The zero-order valence-corrected chi connectivity index (χ0v) is 8.98. The van der Waals surface area contributed by atoms with Crippen molar-refractivity contribution in [3.05, 3.63) is 40.4 Å². The van der Waals surface area contributed by atoms with E-state index in [1.54, 1.807) is 18.2 Å². The minimum Gasteiger partial charge on any atom is -0.459 e. The van der Waals surface area contributed by atoms with Crippen LogP contribution in [0.3, 0.4) is 0 Å². The third-order valence-corrected chi connectivity index (χ3v) is 2.14. The molecule has 1 aromatic carbocycles. The van der Waals surface area contributed by atoms with Gasteiger partial charge in [-0.05, 0) is 18.2 Å². The predicted octanol–water partition coefficient (Wildman–Crippen LogP) is 0.448. The average molecular weight is 228 g/mol. The molecule has 0 fully saturated rings. The van der Waals surface area contributed by atoms with Crippen molar-refractivity contribution in [1.82, 2.24) is 9.97 Å². The average Bonchev–Trinajstić information content (AvgIpc) is 2.36. The number of nitrogens with one attached hydrogen (secondary N) is 1. The van der Waals surface area contributed by atoms with E-state index < -0.39 is 5.97 Å². The van der Waals surface area contributed by atoms with Gasteiger partial charge in [0.05, 0.1) is 24.3 Å². The Bertz CT molecular complexity index is 692. The molecule has 2 rings (SSSR count). The summed E-state index contributed by atoms with van der Waals surface area (Å²) < 4.78 is 4.40. The number of hydrogen-bond acceptors (Lipinski definition) is 4. The van der Waals surface area contributed by atoms with E-state index in [2.05, 4.69) is 26.5 Å². The fourth-order valence-corrected chi connectivity index (χ4v) is 1.32. The standard InChI is InChI=1S/C12H8N2O3/c1-17-11(15)5-3-8-2-4-9-10(6-8)13-7-14-12(9)16/h2,4,6-7H,1H3,(H,13,14,16). The monoisotopic (exact) mass is 228 g/mol. The van der Waals surface area contributed by atoms with E-state index in [1.807, 2.05) is 0 Å². The minimum atomic E-state index is -0.607. The minimum absolute atomic E-state index is 0.206. The van der Waals surface area contributed by atoms with Gasteiger partial charge >= 0.3 is 5.97 Å². The van der Waals surface area contributed by atoms with Crippen molar-refractivity contribution >= 4 is 16.9 Å². The van der Waals surface area contributed by atoms with E-state index >= 15 is 0 Å². The van der Waals surface area contributed by atoms with Crippen molar-refractivity contribution in [3.8, 4) is 11.8 Å². The van der Waals surface area contributed by atoms with Gasteiger partial charge in [0.2, 0.25) is 0 Å². The van der Waals surface area contributed by atoms with E-state index in [0.717, 1.165) is 0 Å². The van der Waals surface area contributed by atoms with Crippen LogP contribution in [0.2, 0.25) is 0 Å². The van der Waals surface area contributed by atoms with Gasteiger partial charge < -0.3 is 9.72 Å². The Labute approximate surface area is 96.4 Å². The second-order valence-electron chi connectivity index (χ2n) is 3.21. The summed E-state index contributed by atoms with van der Waals surface area (Å²) >= 11 is 0. The maximum atomic E-state index is 11.4. The summed E-state index contributed by atoms with van der Waals surface area (Å²) in [5.41, 5.74) is 0.925. The van der Waals surface area contributed by atoms with Crippen LogP contribution in [0.4, 0.5) is 0 Å². The number of methoxy groups -OCH3 is 1. The van der Waals surface area contributed by atoms with Crippen molar-refractivity contribution in [1.29, 1.82) is 0 Å². The van der Waals surface area contributed by atoms with Crippen LogP contribution in [-0.2, 0) is 9.53 Å². The predicted molar refractivity (Wildman–Crippen MR) is 61.3 cm³/mol. The number of nitrogens with zero attached hydrogens (tertiary/aromatic N) is 1. The molecule has 0 aliphatic heterocycles. The van der Waals surface area contributed by atoms with E-state index in [1.165, 1.54) is 13.4 Å². The second-order valence-corrected chi connectivity index (χ2v) is 3.21. The first-order valence-corrected chi connectivity index (χ1v) is 4.78. The lowest BCUT2D eigenvalue weighted by Gasteiger charge is -1.95. The molecule has 84 valence electrons. The van der Waals surface area contributed by atoms with Gasteiger partial charge in [0.25, 0.3) is 5.56 Å². The molecule has 0 saturated heterocycles. The lowest BCUT2D eigenvalue weighted by atomic mass is 10.1. The van der Waals surface area contributed by atoms with Gasteiger partial charge in [-0.3, -0.25) is 4.79 Å². The van der Waals surface area contributed by atoms with Gasteiger partial charge in [0, 0.05) is 11.5 Å². The van der Waals surface area contributed by atoms with Crippen LogP contribution in [0.5, 0.6) is 0 Å². The summed E-state index contributed by atoms with van der Waals surface area (Å²) in [5, 5.41) is 0.483. The van der Waals surface area contributed by atoms with Crippen molar-refractivity contribution in [3.63, 3.8) is 0 Å². The second kappa shape index (κ2) is 4.49. The van der Waals surface area contributed by atoms with Crippen molar-refractivity contribution in [2.45, 2.75) is 0 Å². The molecule has 0 saturated carbocycles. The molecule has 5 nitrogen and oxygen atoms in total. The third kappa shape index (κ3) is 2.32. The van der Waals surface area contributed by atoms with Gasteiger partial charge in [0.15, 0.2) is 0 Å². The molecule has 2 aromatic rings. The van der Waals surface area contributed by atoms with Crippen LogP contribution in [0.25, 0.3) is 10.9 Å². The van der Waals surface area contributed by atoms with Crippen LogP contribution in [0, 0.1) is 11.8 Å². The number of rotatable bonds is 0. The summed E-state index contributed by atoms with van der Waals surface area (Å²) in [6.07, 6.45) is 1.32. The summed E-state index contributed by atoms with van der Waals surface area (Å²) in [5.74, 6) is 4.33. The molecular formula is C12H8N2O3. The quantitative estimate of drug-likeness (QED) is 0.525. The fraction of sp³-hybridized carbons (Fsp3) is 0.0833. The molecule has 0 aliphatic carbocycles. The molecule has 1 N–H and O–H groups in total. The molecule has 5 heteroatoms. The number of aromatic nitrogens is 2. The highest BCUT2D eigenvalue weighted by atomic mass is 16.5. The topological polar surface area (TPSA) is 72.1 Å². The van der Waals surface area contributed by atoms with Crippen molar-refractivity contribution < 1.29 is 9.53 Å². The summed E-state index contributed by atoms with van der Waals surface area (Å²) in [6.45, 7) is 0. The molecule has 0 bridgehead atoms. The number of carbonyl (C=O) groups is 1. The van der Waals surface area contributed by atoms with Crippen LogP contribution in [0.1, 0.15) is 5.56 Å². The van der Waals surface area contributed by atoms with Crippen LogP contribution < -0.4 is 5.56 Å². The number of hydrogen-bond donors (Lipinski definition) is 1. The van der Waals surface area contributed by atoms with E-state index in [-0.39, 0.29) is 5.56 Å². The van der Waals surface area contributed by atoms with Crippen molar-refractivity contribution in [2.24, 2.45) is 0 Å². The first kappa shape index (κ1) is 10.9. The lowest BCUT2D eigenvalue weighted by molar-refractivity contribution is -0.133. The van der Waals surface area contributed by atoms with E-state index in [4.69, 9.17) is 0 Å². The smallest absolute Gasteiger partial charge is 0.384 e. The molecule has 17 heavy (non-hydrogen) atoms. The molecule has 1 aromatic heterocycles. The highest BCUT2D eigenvalue weighted by Crippen LogP contribution is 2.08. The Balaban J connectivity index is 2.48. The summed E-state index contributed by atoms with van der Waals surface area (Å²) in [7, 11) is 1.26. The van der Waals surface area contributed by atoms with Gasteiger partial charge in [0.1, 0.15) is 0 Å². The number of fused-ring (bicyclic) bond motifs is 1. The number of benzene rings is 1. The van der Waals surface area contributed by atoms with E-state index in [9.17, 15) is 9.59 Å². The maximum Gasteiger partial charge on any atom is 0.384 e. The van der Waals surface area contributed by atoms with Gasteiger partial charge in [-0.15, -0.1) is 0 Å². The number of esters is 1. The highest BCUT2D eigenvalue weighted by Gasteiger charge is 1.99. The van der Waals surface area contributed by atoms with Gasteiger partial charge in [-0.1, -0.05) is 5.92 Å². The largest absolute Gasteiger partial charge is 0.459 e. The molecule has 0 radical (unpaired) electrons. The number of ether oxygens (including phenoxy) is 1. The Kier molecular flexibility index (Phi) is 2.88. The number of H-pyrrole nitrogens is 1. The van der Waals surface area contributed by atoms with Gasteiger partial charge in [-0.25, -0.2) is 9.78 Å². The molecule has 0 amide bonds. The van der Waals surface area contributed by atoms with Crippen LogP contribution >= 0.6 is 0 Å². The highest BCUT2D eigenvalue weighted by molar-refractivity contribution is 5.89. The normalized spacial score (nSPS) is 9.47. The number of aromatic amines is 1. The molecule has 1 heterocycles. The molecule has 0 unspecified atom stereocenters. The first-order chi connectivity index (χ1) is 8.20. The summed E-state index contributed by atoms with van der Waals surface area (Å²) in [4.78, 5) is 28.7. The van der Waals surface area contributed by atoms with E-state index in [0.29, 0.717) is 16.5 Å². The molecule has 0 aliphatic rings. The summed E-state index contributed by atoms with van der Waals surface area (Å²) in [6, 6.07) is 4.90. The zero-order valence-electron chi connectivity index (χ0n) is 8.98. The SMILES string of the molecule is COC(=O)C#Cc1ccc2c(=O)[nH]cnc2c1. The maximum absolute atomic E-state index is 11.4. The third-order valence-electron chi connectivity index (χ3n) is 2.14. The molecule has 0 atom stereocenters. The Hall–Kier alpha value is -2.61. The van der Waals surface area contributed by atoms with Crippen molar-refractivity contribution in [2.75, 3.05) is 7.11 Å².